The predicted octanol–water partition coefficient (Wildman–Crippen LogP) is 2.27. The third-order valence-electron chi connectivity index (χ3n) is 4.74. The van der Waals surface area contributed by atoms with Gasteiger partial charge in [0.15, 0.2) is 0 Å². The van der Waals surface area contributed by atoms with Gasteiger partial charge >= 0.3 is 0 Å². The summed E-state index contributed by atoms with van der Waals surface area (Å²) >= 11 is 0. The van der Waals surface area contributed by atoms with Crippen LogP contribution in [0.15, 0.2) is 30.3 Å². The fourth-order valence-electron chi connectivity index (χ4n) is 3.62. The van der Waals surface area contributed by atoms with Gasteiger partial charge in [0.2, 0.25) is 5.91 Å². The lowest BCUT2D eigenvalue weighted by molar-refractivity contribution is -0.122. The number of hydrogen-bond donors (Lipinski definition) is 2. The van der Waals surface area contributed by atoms with E-state index in [4.69, 9.17) is 0 Å². The molecule has 20 heavy (non-hydrogen) atoms. The van der Waals surface area contributed by atoms with E-state index < -0.39 is 0 Å². The lowest BCUT2D eigenvalue weighted by Crippen LogP contribution is -2.43. The van der Waals surface area contributed by atoms with Crippen LogP contribution in [-0.2, 0) is 11.2 Å². The molecule has 2 unspecified atom stereocenters. The van der Waals surface area contributed by atoms with E-state index in [0.29, 0.717) is 6.04 Å². The maximum atomic E-state index is 12.2. The molecule has 1 aliphatic heterocycles. The van der Waals surface area contributed by atoms with Crippen LogP contribution < -0.4 is 10.6 Å². The van der Waals surface area contributed by atoms with Crippen molar-refractivity contribution in [2.24, 2.45) is 5.92 Å². The quantitative estimate of drug-likeness (QED) is 0.883. The van der Waals surface area contributed by atoms with Gasteiger partial charge in [0.1, 0.15) is 0 Å². The second-order valence-corrected chi connectivity index (χ2v) is 6.13. The van der Waals surface area contributed by atoms with Gasteiger partial charge in [-0.25, -0.2) is 0 Å². The van der Waals surface area contributed by atoms with Gasteiger partial charge in [0, 0.05) is 12.6 Å². The molecule has 1 aliphatic carbocycles. The number of rotatable bonds is 4. The smallest absolute Gasteiger partial charge is 0.237 e. The van der Waals surface area contributed by atoms with Crippen LogP contribution in [0.1, 0.15) is 37.7 Å². The number of amides is 1. The molecule has 0 radical (unpaired) electrons. The number of benzene rings is 1. The predicted molar refractivity (Wildman–Crippen MR) is 80.4 cm³/mol. The number of carbonyl (C=O) groups excluding carboxylic acids is 1. The molecular weight excluding hydrogens is 248 g/mol. The summed E-state index contributed by atoms with van der Waals surface area (Å²) in [6.07, 6.45) is 7.14. The molecule has 0 aromatic heterocycles. The minimum Gasteiger partial charge on any atom is -0.354 e. The Morgan fingerprint density at radius 2 is 2.00 bits per heavy atom. The summed E-state index contributed by atoms with van der Waals surface area (Å²) in [6, 6.07) is 10.9. The highest BCUT2D eigenvalue weighted by molar-refractivity contribution is 5.82. The number of fused-ring (bicyclic) bond motifs is 1. The van der Waals surface area contributed by atoms with Gasteiger partial charge in [-0.3, -0.25) is 4.79 Å². The average Bonchev–Trinajstić information content (AvgIpc) is 2.92. The highest BCUT2D eigenvalue weighted by Crippen LogP contribution is 2.33. The Morgan fingerprint density at radius 1 is 1.20 bits per heavy atom. The third-order valence-corrected chi connectivity index (χ3v) is 4.74. The molecule has 0 bridgehead atoms. The van der Waals surface area contributed by atoms with E-state index in [1.54, 1.807) is 0 Å². The van der Waals surface area contributed by atoms with Gasteiger partial charge in [-0.05, 0) is 37.2 Å². The van der Waals surface area contributed by atoms with Gasteiger partial charge < -0.3 is 10.6 Å². The molecule has 1 aromatic carbocycles. The van der Waals surface area contributed by atoms with Crippen LogP contribution in [0.3, 0.4) is 0 Å². The highest BCUT2D eigenvalue weighted by atomic mass is 16.2. The molecule has 1 heterocycles. The van der Waals surface area contributed by atoms with Crippen LogP contribution >= 0.6 is 0 Å². The van der Waals surface area contributed by atoms with E-state index in [-0.39, 0.29) is 11.9 Å². The van der Waals surface area contributed by atoms with Crippen LogP contribution in [0.25, 0.3) is 0 Å². The summed E-state index contributed by atoms with van der Waals surface area (Å²) in [5, 5.41) is 6.61. The van der Waals surface area contributed by atoms with Crippen LogP contribution in [0.2, 0.25) is 0 Å². The summed E-state index contributed by atoms with van der Waals surface area (Å²) in [5.41, 5.74) is 1.28. The van der Waals surface area contributed by atoms with Gasteiger partial charge in [0.25, 0.3) is 0 Å². The van der Waals surface area contributed by atoms with Crippen LogP contribution in [-0.4, -0.2) is 24.5 Å². The van der Waals surface area contributed by atoms with Crippen molar-refractivity contribution in [3.8, 4) is 0 Å². The van der Waals surface area contributed by atoms with Gasteiger partial charge in [-0.1, -0.05) is 43.2 Å². The van der Waals surface area contributed by atoms with E-state index in [1.807, 2.05) is 18.2 Å². The summed E-state index contributed by atoms with van der Waals surface area (Å²) in [4.78, 5) is 12.2. The Hall–Kier alpha value is -1.35. The molecule has 3 nitrogen and oxygen atoms in total. The van der Waals surface area contributed by atoms with Crippen LogP contribution in [0, 0.1) is 5.92 Å². The number of hydrogen-bond acceptors (Lipinski definition) is 2. The topological polar surface area (TPSA) is 41.1 Å². The van der Waals surface area contributed by atoms with Crippen molar-refractivity contribution in [3.63, 3.8) is 0 Å². The molecule has 2 N–H and O–H groups in total. The van der Waals surface area contributed by atoms with Gasteiger partial charge in [0.05, 0.1) is 6.04 Å². The number of carbonyl (C=O) groups is 1. The van der Waals surface area contributed by atoms with Gasteiger partial charge in [-0.2, -0.15) is 0 Å². The second kappa shape index (κ2) is 6.40. The first kappa shape index (κ1) is 13.6. The third kappa shape index (κ3) is 3.21. The zero-order valence-corrected chi connectivity index (χ0v) is 12.0. The van der Waals surface area contributed by atoms with E-state index in [9.17, 15) is 4.79 Å². The van der Waals surface area contributed by atoms with Crippen molar-refractivity contribution < 1.29 is 4.79 Å². The average molecular weight is 272 g/mol. The Labute approximate surface area is 121 Å². The molecule has 1 amide bonds. The first-order chi connectivity index (χ1) is 9.83. The van der Waals surface area contributed by atoms with Crippen LogP contribution in [0.5, 0.6) is 0 Å². The molecule has 2 aliphatic rings. The SMILES string of the molecule is O=C(NCCc1ccccc1)[C@@H]1CC2CCCCC2N1. The van der Waals surface area contributed by atoms with Crippen molar-refractivity contribution >= 4 is 5.91 Å². The van der Waals surface area contributed by atoms with Gasteiger partial charge in [-0.15, -0.1) is 0 Å². The molecule has 1 saturated carbocycles. The van der Waals surface area contributed by atoms with Crippen molar-refractivity contribution in [2.75, 3.05) is 6.54 Å². The lowest BCUT2D eigenvalue weighted by Gasteiger charge is -2.24. The Morgan fingerprint density at radius 3 is 2.80 bits per heavy atom. The minimum atomic E-state index is 0.0406. The Kier molecular flexibility index (Phi) is 4.36. The first-order valence-corrected chi connectivity index (χ1v) is 7.90. The monoisotopic (exact) mass is 272 g/mol. The minimum absolute atomic E-state index is 0.0406. The van der Waals surface area contributed by atoms with E-state index >= 15 is 0 Å². The zero-order valence-electron chi connectivity index (χ0n) is 12.0. The normalized spacial score (nSPS) is 28.9. The maximum Gasteiger partial charge on any atom is 0.237 e. The molecule has 3 atom stereocenters. The molecular formula is C17H24N2O. The zero-order chi connectivity index (χ0) is 13.8. The summed E-state index contributed by atoms with van der Waals surface area (Å²) in [7, 11) is 0. The maximum absolute atomic E-state index is 12.2. The number of nitrogens with one attached hydrogen (secondary N) is 2. The largest absolute Gasteiger partial charge is 0.354 e. The van der Waals surface area contributed by atoms with Crippen LogP contribution in [0.4, 0.5) is 0 Å². The first-order valence-electron chi connectivity index (χ1n) is 7.90. The van der Waals surface area contributed by atoms with E-state index in [1.165, 1.54) is 31.2 Å². The van der Waals surface area contributed by atoms with Crippen molar-refractivity contribution in [1.29, 1.82) is 0 Å². The van der Waals surface area contributed by atoms with Crippen molar-refractivity contribution in [1.82, 2.24) is 10.6 Å². The highest BCUT2D eigenvalue weighted by Gasteiger charge is 2.37. The van der Waals surface area contributed by atoms with Crippen molar-refractivity contribution in [3.05, 3.63) is 35.9 Å². The summed E-state index contributed by atoms with van der Waals surface area (Å²) in [5.74, 6) is 0.920. The fraction of sp³-hybridized carbons (Fsp3) is 0.588. The fourth-order valence-corrected chi connectivity index (χ4v) is 3.62. The summed E-state index contributed by atoms with van der Waals surface area (Å²) < 4.78 is 0. The van der Waals surface area contributed by atoms with E-state index in [2.05, 4.69) is 22.8 Å². The summed E-state index contributed by atoms with van der Waals surface area (Å²) in [6.45, 7) is 0.732. The second-order valence-electron chi connectivity index (χ2n) is 6.13. The molecule has 0 spiro atoms. The Balaban J connectivity index is 1.43. The van der Waals surface area contributed by atoms with E-state index in [0.717, 1.165) is 25.3 Å². The van der Waals surface area contributed by atoms with Crippen molar-refractivity contribution in [2.45, 2.75) is 50.6 Å². The molecule has 3 rings (SSSR count). The lowest BCUT2D eigenvalue weighted by atomic mass is 9.85. The molecule has 108 valence electrons. The molecule has 1 saturated heterocycles. The Bertz CT molecular complexity index is 432. The molecule has 3 heteroatoms. The molecule has 1 aromatic rings. The standard InChI is InChI=1S/C17H24N2O/c20-17(18-11-10-13-6-2-1-3-7-13)16-12-14-8-4-5-9-15(14)19-16/h1-3,6-7,14-16,19H,4-5,8-12H2,(H,18,20)/t14?,15?,16-/m0/s1. The molecule has 2 fully saturated rings.